The quantitative estimate of drug-likeness (QED) is 0.498. The van der Waals surface area contributed by atoms with E-state index in [-0.39, 0.29) is 24.3 Å². The normalized spacial score (nSPS) is 21.2. The van der Waals surface area contributed by atoms with E-state index in [0.29, 0.717) is 55.8 Å². The van der Waals surface area contributed by atoms with E-state index in [0.717, 1.165) is 25.3 Å². The average molecular weight is 536 g/mol. The van der Waals surface area contributed by atoms with E-state index in [4.69, 9.17) is 15.2 Å². The summed E-state index contributed by atoms with van der Waals surface area (Å²) in [5.74, 6) is -1.74. The molecule has 11 heteroatoms. The summed E-state index contributed by atoms with van der Waals surface area (Å²) in [7, 11) is 0. The van der Waals surface area contributed by atoms with Crippen LogP contribution in [0.5, 0.6) is 5.75 Å². The van der Waals surface area contributed by atoms with Crippen LogP contribution in [0.2, 0.25) is 0 Å². The fourth-order valence-electron chi connectivity index (χ4n) is 5.22. The molecule has 0 unspecified atom stereocenters. The van der Waals surface area contributed by atoms with Crippen molar-refractivity contribution in [2.75, 3.05) is 37.7 Å². The molecule has 208 valence electrons. The van der Waals surface area contributed by atoms with Gasteiger partial charge in [0.05, 0.1) is 25.1 Å². The molecule has 0 spiro atoms. The van der Waals surface area contributed by atoms with Gasteiger partial charge in [-0.05, 0) is 56.6 Å². The van der Waals surface area contributed by atoms with Crippen molar-refractivity contribution >= 4 is 12.0 Å². The first kappa shape index (κ1) is 27.9. The predicted octanol–water partition coefficient (Wildman–Crippen LogP) is 4.49. The van der Waals surface area contributed by atoms with Gasteiger partial charge in [0.15, 0.2) is 17.4 Å². The van der Waals surface area contributed by atoms with Crippen LogP contribution in [-0.2, 0) is 4.74 Å². The Kier molecular flexibility index (Phi) is 8.96. The van der Waals surface area contributed by atoms with Gasteiger partial charge in [-0.3, -0.25) is 0 Å². The van der Waals surface area contributed by atoms with Crippen LogP contribution in [0.15, 0.2) is 24.5 Å². The molecule has 8 nitrogen and oxygen atoms in total. The minimum absolute atomic E-state index is 0.0501. The Balaban J connectivity index is 1.23. The molecule has 3 heterocycles. The summed E-state index contributed by atoms with van der Waals surface area (Å²) >= 11 is 0. The highest BCUT2D eigenvalue weighted by molar-refractivity contribution is 5.67. The topological polar surface area (TPSA) is 93.8 Å². The zero-order valence-electron chi connectivity index (χ0n) is 22.1. The lowest BCUT2D eigenvalue weighted by molar-refractivity contribution is 0.0596. The number of likely N-dealkylation sites (tertiary alicyclic amines) is 1. The van der Waals surface area contributed by atoms with Gasteiger partial charge >= 0.3 is 6.09 Å². The minimum atomic E-state index is -1.22. The van der Waals surface area contributed by atoms with Crippen LogP contribution in [0.4, 0.5) is 23.9 Å². The second-order valence-corrected chi connectivity index (χ2v) is 10.6. The molecular formula is C27H36F3N5O3. The molecule has 3 atom stereocenters. The number of aromatic nitrogens is 2. The van der Waals surface area contributed by atoms with Crippen LogP contribution < -0.4 is 15.4 Å². The van der Waals surface area contributed by atoms with Crippen molar-refractivity contribution in [1.82, 2.24) is 14.9 Å². The number of rotatable bonds is 8. The van der Waals surface area contributed by atoms with Gasteiger partial charge in [0.1, 0.15) is 5.82 Å². The highest BCUT2D eigenvalue weighted by Gasteiger charge is 2.35. The maximum absolute atomic E-state index is 14.3. The number of hydrogen-bond acceptors (Lipinski definition) is 7. The molecule has 0 radical (unpaired) electrons. The maximum atomic E-state index is 14.3. The summed E-state index contributed by atoms with van der Waals surface area (Å²) in [5.41, 5.74) is 6.24. The predicted molar refractivity (Wildman–Crippen MR) is 136 cm³/mol. The third kappa shape index (κ3) is 6.67. The van der Waals surface area contributed by atoms with Crippen molar-refractivity contribution in [3.8, 4) is 5.75 Å². The maximum Gasteiger partial charge on any atom is 0.410 e. The monoisotopic (exact) mass is 535 g/mol. The number of nitrogens with zero attached hydrogens (tertiary/aromatic N) is 4. The molecule has 1 aromatic carbocycles. The summed E-state index contributed by atoms with van der Waals surface area (Å²) in [4.78, 5) is 24.4. The van der Waals surface area contributed by atoms with Crippen molar-refractivity contribution in [2.45, 2.75) is 58.1 Å². The molecule has 2 aliphatic rings. The lowest BCUT2D eigenvalue weighted by atomic mass is 9.84. The van der Waals surface area contributed by atoms with Gasteiger partial charge in [-0.25, -0.2) is 27.9 Å². The number of hydrogen-bond donors (Lipinski definition) is 1. The number of benzene rings is 1. The SMILES string of the molecule is CC(C)OC(=O)N1CCC([C@H](C)CCOc2cnc(N3C[C@@H](N)[C@H](c4cc(F)c(F)cc4F)C3)nc2)CC1. The Morgan fingerprint density at radius 2 is 1.71 bits per heavy atom. The van der Waals surface area contributed by atoms with E-state index in [2.05, 4.69) is 16.9 Å². The highest BCUT2D eigenvalue weighted by atomic mass is 19.2. The standard InChI is InChI=1S/C27H36F3N5O3/c1-16(2)38-27(36)34-7-4-18(5-8-34)17(3)6-9-37-19-12-32-26(33-13-19)35-14-21(25(31)15-35)20-10-23(29)24(30)11-22(20)28/h10-13,16-18,21,25H,4-9,14-15,31H2,1-3H3/t17-,21+,25-/m1/s1. The van der Waals surface area contributed by atoms with Crippen LogP contribution in [0.3, 0.4) is 0 Å². The molecule has 2 aromatic rings. The highest BCUT2D eigenvalue weighted by Crippen LogP contribution is 2.32. The second-order valence-electron chi connectivity index (χ2n) is 10.6. The molecule has 1 aromatic heterocycles. The van der Waals surface area contributed by atoms with Gasteiger partial charge < -0.3 is 25.0 Å². The van der Waals surface area contributed by atoms with E-state index >= 15 is 0 Å². The lowest BCUT2D eigenvalue weighted by Gasteiger charge is -2.34. The van der Waals surface area contributed by atoms with Crippen LogP contribution in [0.1, 0.15) is 51.5 Å². The van der Waals surface area contributed by atoms with Crippen molar-refractivity contribution < 1.29 is 27.4 Å². The first-order valence-corrected chi connectivity index (χ1v) is 13.2. The largest absolute Gasteiger partial charge is 0.490 e. The Labute approximate surface area is 221 Å². The summed E-state index contributed by atoms with van der Waals surface area (Å²) in [5, 5.41) is 0. The summed E-state index contributed by atoms with van der Waals surface area (Å²) in [6.07, 6.45) is 5.58. The second kappa shape index (κ2) is 12.2. The van der Waals surface area contributed by atoms with Gasteiger partial charge in [0, 0.05) is 44.2 Å². The molecule has 4 rings (SSSR count). The number of halogens is 3. The average Bonchev–Trinajstić information content (AvgIpc) is 3.27. The molecule has 0 saturated carbocycles. The molecule has 2 aliphatic heterocycles. The van der Waals surface area contributed by atoms with E-state index in [9.17, 15) is 18.0 Å². The first-order valence-electron chi connectivity index (χ1n) is 13.2. The number of ether oxygens (including phenoxy) is 2. The Morgan fingerprint density at radius 3 is 2.37 bits per heavy atom. The molecule has 38 heavy (non-hydrogen) atoms. The number of nitrogens with two attached hydrogens (primary N) is 1. The molecule has 2 fully saturated rings. The van der Waals surface area contributed by atoms with E-state index in [1.54, 1.807) is 22.2 Å². The fraction of sp³-hybridized carbons (Fsp3) is 0.593. The molecule has 0 bridgehead atoms. The Hall–Kier alpha value is -3.08. The van der Waals surface area contributed by atoms with E-state index in [1.807, 2.05) is 13.8 Å². The van der Waals surface area contributed by atoms with Crippen LogP contribution in [0, 0.1) is 29.3 Å². The smallest absolute Gasteiger partial charge is 0.410 e. The molecular weight excluding hydrogens is 499 g/mol. The number of carbonyl (C=O) groups excluding carboxylic acids is 1. The van der Waals surface area contributed by atoms with Gasteiger partial charge in [0.25, 0.3) is 0 Å². The van der Waals surface area contributed by atoms with Crippen molar-refractivity contribution in [3.05, 3.63) is 47.5 Å². The molecule has 1 amide bonds. The number of piperidine rings is 1. The van der Waals surface area contributed by atoms with Gasteiger partial charge in [-0.15, -0.1) is 0 Å². The summed E-state index contributed by atoms with van der Waals surface area (Å²) in [6, 6.07) is 0.945. The van der Waals surface area contributed by atoms with Crippen LogP contribution in [-0.4, -0.2) is 65.9 Å². The van der Waals surface area contributed by atoms with Gasteiger partial charge in [-0.2, -0.15) is 0 Å². The molecule has 2 saturated heterocycles. The van der Waals surface area contributed by atoms with Crippen molar-refractivity contribution in [1.29, 1.82) is 0 Å². The van der Waals surface area contributed by atoms with Crippen LogP contribution in [0.25, 0.3) is 0 Å². The molecule has 0 aliphatic carbocycles. The van der Waals surface area contributed by atoms with Crippen LogP contribution >= 0.6 is 0 Å². The first-order chi connectivity index (χ1) is 18.1. The summed E-state index contributed by atoms with van der Waals surface area (Å²) in [6.45, 7) is 8.49. The molecule has 2 N–H and O–H groups in total. The number of carbonyl (C=O) groups is 1. The number of amides is 1. The third-order valence-corrected chi connectivity index (χ3v) is 7.48. The fourth-order valence-corrected chi connectivity index (χ4v) is 5.22. The van der Waals surface area contributed by atoms with E-state index < -0.39 is 29.4 Å². The van der Waals surface area contributed by atoms with E-state index in [1.165, 1.54) is 0 Å². The number of anilines is 1. The summed E-state index contributed by atoms with van der Waals surface area (Å²) < 4.78 is 52.4. The lowest BCUT2D eigenvalue weighted by Crippen LogP contribution is -2.41. The van der Waals surface area contributed by atoms with Gasteiger partial charge in [-0.1, -0.05) is 6.92 Å². The minimum Gasteiger partial charge on any atom is -0.490 e. The Bertz CT molecular complexity index is 1100. The van der Waals surface area contributed by atoms with Gasteiger partial charge in [0.2, 0.25) is 5.95 Å². The third-order valence-electron chi connectivity index (χ3n) is 7.48. The van der Waals surface area contributed by atoms with Crippen molar-refractivity contribution in [3.63, 3.8) is 0 Å². The zero-order valence-corrected chi connectivity index (χ0v) is 22.1. The zero-order chi connectivity index (χ0) is 27.4. The Morgan fingerprint density at radius 1 is 1.05 bits per heavy atom. The van der Waals surface area contributed by atoms with Crippen molar-refractivity contribution in [2.24, 2.45) is 17.6 Å².